The first-order chi connectivity index (χ1) is 15.2. The summed E-state index contributed by atoms with van der Waals surface area (Å²) in [6.07, 6.45) is 1.53. The number of rotatable bonds is 5. The molecule has 9 heteroatoms. The van der Waals surface area contributed by atoms with Crippen molar-refractivity contribution in [1.29, 1.82) is 5.26 Å². The van der Waals surface area contributed by atoms with Crippen LogP contribution in [0, 0.1) is 11.3 Å². The number of allylic oxidation sites excluding steroid dienone is 2. The third-order valence-electron chi connectivity index (χ3n) is 5.07. The smallest absolute Gasteiger partial charge is 0.269 e. The van der Waals surface area contributed by atoms with Crippen LogP contribution in [0.15, 0.2) is 40.0 Å². The van der Waals surface area contributed by atoms with Crippen LogP contribution < -0.4 is 5.32 Å². The number of nitrogens with one attached hydrogen (secondary N) is 1. The van der Waals surface area contributed by atoms with Crippen LogP contribution in [0.2, 0.25) is 0 Å². The molecule has 1 aliphatic heterocycles. The molecule has 1 fully saturated rings. The molecule has 0 spiro atoms. The number of nitriles is 1. The first kappa shape index (κ1) is 22.8. The van der Waals surface area contributed by atoms with E-state index < -0.39 is 23.0 Å². The molecule has 3 rings (SSSR count). The van der Waals surface area contributed by atoms with Crippen LogP contribution in [0.3, 0.4) is 0 Å². The molecule has 2 heterocycles. The van der Waals surface area contributed by atoms with Gasteiger partial charge in [0, 0.05) is 31.5 Å². The summed E-state index contributed by atoms with van der Waals surface area (Å²) >= 11 is 0. The molecule has 0 aliphatic carbocycles. The molecule has 0 unspecified atom stereocenters. The third-order valence-corrected chi connectivity index (χ3v) is 5.07. The van der Waals surface area contributed by atoms with E-state index in [9.17, 15) is 19.5 Å². The lowest BCUT2D eigenvalue weighted by Crippen LogP contribution is -2.39. The minimum absolute atomic E-state index is 0.0793. The highest BCUT2D eigenvalue weighted by Gasteiger charge is 2.23. The summed E-state index contributed by atoms with van der Waals surface area (Å²) in [5, 5.41) is 21.6. The number of hydrogen-bond donors (Lipinski definition) is 2. The number of ketones is 1. The number of aliphatic hydroxyl groups is 1. The van der Waals surface area contributed by atoms with Gasteiger partial charge in [0.25, 0.3) is 5.91 Å². The second kappa shape index (κ2) is 9.49. The molecule has 1 aromatic heterocycles. The van der Waals surface area contributed by atoms with Crippen LogP contribution in [0.5, 0.6) is 0 Å². The van der Waals surface area contributed by atoms with Gasteiger partial charge in [-0.3, -0.25) is 14.4 Å². The summed E-state index contributed by atoms with van der Waals surface area (Å²) in [6.45, 7) is 6.36. The van der Waals surface area contributed by atoms with Gasteiger partial charge < -0.3 is 24.5 Å². The molecule has 2 N–H and O–H groups in total. The van der Waals surface area contributed by atoms with Crippen molar-refractivity contribution in [2.75, 3.05) is 31.6 Å². The summed E-state index contributed by atoms with van der Waals surface area (Å²) in [4.78, 5) is 38.8. The number of fused-ring (bicyclic) bond motifs is 1. The molecule has 2 aromatic rings. The summed E-state index contributed by atoms with van der Waals surface area (Å²) in [5.41, 5.74) is 1.36. The SMILES string of the molecule is CC(=O)c1oc2ccc(C(C)=CC(=O)N3CCOCC3)cc2c1NC(=O)C(C#N)=C(C)O. The Hall–Kier alpha value is -3.90. The number of Topliss-reactive ketones (excluding diaryl/α,β-unsaturated/α-hetero) is 1. The maximum Gasteiger partial charge on any atom is 0.269 e. The number of furan rings is 1. The van der Waals surface area contributed by atoms with Crippen LogP contribution in [0.4, 0.5) is 5.69 Å². The summed E-state index contributed by atoms with van der Waals surface area (Å²) in [6, 6.07) is 6.72. The third kappa shape index (κ3) is 4.71. The van der Waals surface area contributed by atoms with Crippen molar-refractivity contribution in [2.24, 2.45) is 0 Å². The van der Waals surface area contributed by atoms with Crippen LogP contribution in [0.1, 0.15) is 36.9 Å². The standard InChI is InChI=1S/C23H23N3O6/c1-13(10-20(29)26-6-8-31-9-7-26)16-4-5-19-17(11-16)21(22(32-19)15(3)28)25-23(30)18(12-24)14(2)27/h4-5,10-11,27H,6-9H2,1-3H3,(H,25,30). The zero-order valence-electron chi connectivity index (χ0n) is 18.0. The number of morpholine rings is 1. The Kier molecular flexibility index (Phi) is 6.76. The highest BCUT2D eigenvalue weighted by atomic mass is 16.5. The Labute approximate surface area is 184 Å². The highest BCUT2D eigenvalue weighted by molar-refractivity contribution is 6.15. The number of aliphatic hydroxyl groups excluding tert-OH is 1. The summed E-state index contributed by atoms with van der Waals surface area (Å²) in [7, 11) is 0. The Morgan fingerprint density at radius 3 is 2.47 bits per heavy atom. The van der Waals surface area contributed by atoms with Gasteiger partial charge in [-0.25, -0.2) is 0 Å². The number of anilines is 1. The molecule has 9 nitrogen and oxygen atoms in total. The Morgan fingerprint density at radius 1 is 1.19 bits per heavy atom. The van der Waals surface area contributed by atoms with E-state index in [-0.39, 0.29) is 17.4 Å². The number of nitrogens with zero attached hydrogens (tertiary/aromatic N) is 2. The van der Waals surface area contributed by atoms with Gasteiger partial charge in [0.15, 0.2) is 17.1 Å². The molecule has 32 heavy (non-hydrogen) atoms. The van der Waals surface area contributed by atoms with E-state index in [2.05, 4.69) is 5.32 Å². The lowest BCUT2D eigenvalue weighted by Gasteiger charge is -2.25. The molecular formula is C23H23N3O6. The topological polar surface area (TPSA) is 133 Å². The second-order valence-electron chi connectivity index (χ2n) is 7.36. The molecule has 166 valence electrons. The van der Waals surface area contributed by atoms with Crippen molar-refractivity contribution < 1.29 is 28.6 Å². The average Bonchev–Trinajstić information content (AvgIpc) is 3.12. The fraction of sp³-hybridized carbons (Fsp3) is 0.304. The zero-order chi connectivity index (χ0) is 23.4. The van der Waals surface area contributed by atoms with Crippen molar-refractivity contribution in [3.63, 3.8) is 0 Å². The van der Waals surface area contributed by atoms with E-state index in [0.29, 0.717) is 48.4 Å². The quantitative estimate of drug-likeness (QED) is 0.318. The molecule has 0 atom stereocenters. The van der Waals surface area contributed by atoms with Gasteiger partial charge in [0.05, 0.1) is 18.9 Å². The zero-order valence-corrected chi connectivity index (χ0v) is 18.0. The number of ether oxygens (including phenoxy) is 1. The minimum atomic E-state index is -0.863. The normalized spacial score (nSPS) is 15.2. The number of amides is 2. The van der Waals surface area contributed by atoms with Crippen LogP contribution in [-0.4, -0.2) is 53.9 Å². The molecule has 1 saturated heterocycles. The predicted molar refractivity (Wildman–Crippen MR) is 117 cm³/mol. The first-order valence-electron chi connectivity index (χ1n) is 9.97. The van der Waals surface area contributed by atoms with E-state index in [1.807, 2.05) is 0 Å². The number of hydrogen-bond acceptors (Lipinski definition) is 7. The Balaban J connectivity index is 2.00. The molecule has 1 aromatic carbocycles. The lowest BCUT2D eigenvalue weighted by atomic mass is 10.0. The Bertz CT molecular complexity index is 1190. The van der Waals surface area contributed by atoms with E-state index in [1.54, 1.807) is 36.1 Å². The molecule has 1 aliphatic rings. The fourth-order valence-corrected chi connectivity index (χ4v) is 3.33. The van der Waals surface area contributed by atoms with E-state index in [0.717, 1.165) is 0 Å². The van der Waals surface area contributed by atoms with Gasteiger partial charge in [0.1, 0.15) is 17.4 Å². The summed E-state index contributed by atoms with van der Waals surface area (Å²) < 4.78 is 10.9. The molecular weight excluding hydrogens is 414 g/mol. The first-order valence-corrected chi connectivity index (χ1v) is 9.97. The molecule has 0 radical (unpaired) electrons. The predicted octanol–water partition coefficient (Wildman–Crippen LogP) is 3.19. The lowest BCUT2D eigenvalue weighted by molar-refractivity contribution is -0.129. The van der Waals surface area contributed by atoms with Gasteiger partial charge in [-0.2, -0.15) is 5.26 Å². The maximum atomic E-state index is 12.5. The minimum Gasteiger partial charge on any atom is -0.511 e. The van der Waals surface area contributed by atoms with Crippen molar-refractivity contribution in [2.45, 2.75) is 20.8 Å². The Morgan fingerprint density at radius 2 is 1.88 bits per heavy atom. The van der Waals surface area contributed by atoms with Gasteiger partial charge in [-0.05, 0) is 37.1 Å². The van der Waals surface area contributed by atoms with Crippen molar-refractivity contribution in [1.82, 2.24) is 4.90 Å². The van der Waals surface area contributed by atoms with Crippen LogP contribution in [-0.2, 0) is 14.3 Å². The molecule has 0 saturated carbocycles. The van der Waals surface area contributed by atoms with Gasteiger partial charge >= 0.3 is 0 Å². The van der Waals surface area contributed by atoms with Gasteiger partial charge in [-0.15, -0.1) is 0 Å². The average molecular weight is 437 g/mol. The highest BCUT2D eigenvalue weighted by Crippen LogP contribution is 2.34. The fourth-order valence-electron chi connectivity index (χ4n) is 3.33. The van der Waals surface area contributed by atoms with Crippen molar-refractivity contribution in [3.8, 4) is 6.07 Å². The van der Waals surface area contributed by atoms with Crippen LogP contribution in [0.25, 0.3) is 16.5 Å². The maximum absolute atomic E-state index is 12.5. The second-order valence-corrected chi connectivity index (χ2v) is 7.36. The van der Waals surface area contributed by atoms with Gasteiger partial charge in [0.2, 0.25) is 5.91 Å². The number of carbonyl (C=O) groups is 3. The van der Waals surface area contributed by atoms with Crippen molar-refractivity contribution >= 4 is 39.8 Å². The van der Waals surface area contributed by atoms with Crippen LogP contribution >= 0.6 is 0 Å². The van der Waals surface area contributed by atoms with Gasteiger partial charge in [-0.1, -0.05) is 6.07 Å². The summed E-state index contributed by atoms with van der Waals surface area (Å²) in [5.74, 6) is -1.93. The van der Waals surface area contributed by atoms with E-state index >= 15 is 0 Å². The van der Waals surface area contributed by atoms with Crippen molar-refractivity contribution in [3.05, 3.63) is 46.9 Å². The van der Waals surface area contributed by atoms with E-state index in [1.165, 1.54) is 19.9 Å². The number of carbonyl (C=O) groups excluding carboxylic acids is 3. The monoisotopic (exact) mass is 437 g/mol. The largest absolute Gasteiger partial charge is 0.511 e. The molecule has 2 amide bonds. The molecule has 0 bridgehead atoms. The number of benzene rings is 1. The van der Waals surface area contributed by atoms with E-state index in [4.69, 9.17) is 14.4 Å².